The number of benzene rings is 2. The van der Waals surface area contributed by atoms with Crippen LogP contribution in [0.3, 0.4) is 0 Å². The minimum Gasteiger partial charge on any atom is -0.387 e. The Kier molecular flexibility index (Phi) is 5.58. The number of aliphatic hydroxyl groups is 1. The molecule has 2 aromatic carbocycles. The Morgan fingerprint density at radius 2 is 1.71 bits per heavy atom. The van der Waals surface area contributed by atoms with Gasteiger partial charge in [0.1, 0.15) is 5.82 Å². The highest BCUT2D eigenvalue weighted by atomic mass is 127. The molecule has 0 fully saturated rings. The van der Waals surface area contributed by atoms with Crippen molar-refractivity contribution in [2.45, 2.75) is 25.9 Å². The summed E-state index contributed by atoms with van der Waals surface area (Å²) in [7, 11) is 0. The molecule has 21 heavy (non-hydrogen) atoms. The summed E-state index contributed by atoms with van der Waals surface area (Å²) >= 11 is 2.07. The van der Waals surface area contributed by atoms with Gasteiger partial charge in [0.15, 0.2) is 0 Å². The second kappa shape index (κ2) is 7.22. The molecule has 112 valence electrons. The van der Waals surface area contributed by atoms with Crippen molar-refractivity contribution in [3.05, 3.63) is 63.0 Å². The number of rotatable bonds is 5. The zero-order chi connectivity index (χ0) is 15.4. The molecule has 0 amide bonds. The van der Waals surface area contributed by atoms with E-state index in [1.807, 2.05) is 24.3 Å². The molecule has 0 saturated carbocycles. The maximum atomic E-state index is 13.0. The van der Waals surface area contributed by atoms with E-state index in [9.17, 15) is 9.50 Å². The lowest BCUT2D eigenvalue weighted by Gasteiger charge is -2.15. The maximum Gasteiger partial charge on any atom is 0.124 e. The van der Waals surface area contributed by atoms with Gasteiger partial charge in [0, 0.05) is 15.8 Å². The predicted molar refractivity (Wildman–Crippen MR) is 93.1 cm³/mol. The minimum atomic E-state index is -0.591. The molecule has 2 nitrogen and oxygen atoms in total. The molecule has 0 radical (unpaired) electrons. The summed E-state index contributed by atoms with van der Waals surface area (Å²) < 4.78 is 13.8. The first-order chi connectivity index (χ1) is 9.97. The molecule has 2 rings (SSSR count). The number of hydrogen-bond donors (Lipinski definition) is 2. The Morgan fingerprint density at radius 1 is 1.10 bits per heavy atom. The second-order valence-electron chi connectivity index (χ2n) is 5.34. The Hall–Kier alpha value is -1.14. The smallest absolute Gasteiger partial charge is 0.124 e. The molecule has 2 N–H and O–H groups in total. The highest BCUT2D eigenvalue weighted by Gasteiger charge is 2.09. The lowest BCUT2D eigenvalue weighted by molar-refractivity contribution is 0.191. The standard InChI is InChI=1S/C17H19FINO/c1-11(2)12-3-5-13(6-4-12)17(21)10-20-16-8-7-14(18)9-15(16)19/h3-9,11,17,20-21H,10H2,1-2H3. The van der Waals surface area contributed by atoms with Crippen molar-refractivity contribution in [2.75, 3.05) is 11.9 Å². The van der Waals surface area contributed by atoms with E-state index in [4.69, 9.17) is 0 Å². The van der Waals surface area contributed by atoms with Crippen LogP contribution >= 0.6 is 22.6 Å². The molecule has 0 heterocycles. The topological polar surface area (TPSA) is 32.3 Å². The Labute approximate surface area is 138 Å². The van der Waals surface area contributed by atoms with Gasteiger partial charge in [0.2, 0.25) is 0 Å². The SMILES string of the molecule is CC(C)c1ccc(C(O)CNc2ccc(F)cc2I)cc1. The van der Waals surface area contributed by atoms with E-state index in [1.165, 1.54) is 17.7 Å². The van der Waals surface area contributed by atoms with E-state index in [-0.39, 0.29) is 5.82 Å². The first-order valence-electron chi connectivity index (χ1n) is 6.94. The zero-order valence-electron chi connectivity index (χ0n) is 12.1. The number of nitrogens with one attached hydrogen (secondary N) is 1. The van der Waals surface area contributed by atoms with E-state index >= 15 is 0 Å². The molecule has 0 aliphatic heterocycles. The molecule has 0 aromatic heterocycles. The third-order valence-electron chi connectivity index (χ3n) is 3.40. The van der Waals surface area contributed by atoms with Crippen LogP contribution in [0.25, 0.3) is 0 Å². The van der Waals surface area contributed by atoms with Crippen LogP contribution in [0.2, 0.25) is 0 Å². The van der Waals surface area contributed by atoms with Gasteiger partial charge in [-0.3, -0.25) is 0 Å². The summed E-state index contributed by atoms with van der Waals surface area (Å²) in [5, 5.41) is 13.4. The van der Waals surface area contributed by atoms with Crippen molar-refractivity contribution in [2.24, 2.45) is 0 Å². The number of hydrogen-bond acceptors (Lipinski definition) is 2. The summed E-state index contributed by atoms with van der Waals surface area (Å²) in [6, 6.07) is 12.6. The molecule has 1 atom stereocenters. The van der Waals surface area contributed by atoms with Gasteiger partial charge in [0.25, 0.3) is 0 Å². The first kappa shape index (κ1) is 16.2. The minimum absolute atomic E-state index is 0.255. The lowest BCUT2D eigenvalue weighted by atomic mass is 10.00. The van der Waals surface area contributed by atoms with Gasteiger partial charge in [0.05, 0.1) is 6.10 Å². The largest absolute Gasteiger partial charge is 0.387 e. The van der Waals surface area contributed by atoms with Gasteiger partial charge in [-0.2, -0.15) is 0 Å². The molecule has 0 aliphatic rings. The molecular weight excluding hydrogens is 380 g/mol. The fraction of sp³-hybridized carbons (Fsp3) is 0.294. The number of aliphatic hydroxyl groups excluding tert-OH is 1. The average molecular weight is 399 g/mol. The summed E-state index contributed by atoms with van der Waals surface area (Å²) in [6.07, 6.45) is -0.591. The quantitative estimate of drug-likeness (QED) is 0.715. The zero-order valence-corrected chi connectivity index (χ0v) is 14.3. The number of halogens is 2. The van der Waals surface area contributed by atoms with E-state index < -0.39 is 6.10 Å². The molecule has 0 spiro atoms. The normalized spacial score (nSPS) is 12.5. The maximum absolute atomic E-state index is 13.0. The highest BCUT2D eigenvalue weighted by Crippen LogP contribution is 2.22. The molecule has 2 aromatic rings. The van der Waals surface area contributed by atoms with Crippen LogP contribution in [0.15, 0.2) is 42.5 Å². The van der Waals surface area contributed by atoms with Crippen molar-refractivity contribution in [1.29, 1.82) is 0 Å². The summed E-state index contributed by atoms with van der Waals surface area (Å²) in [6.45, 7) is 4.68. The van der Waals surface area contributed by atoms with Gasteiger partial charge >= 0.3 is 0 Å². The van der Waals surface area contributed by atoms with Crippen LogP contribution in [0, 0.1) is 9.39 Å². The lowest BCUT2D eigenvalue weighted by Crippen LogP contribution is -2.13. The van der Waals surface area contributed by atoms with Gasteiger partial charge in [-0.1, -0.05) is 38.1 Å². The van der Waals surface area contributed by atoms with Crippen molar-refractivity contribution in [1.82, 2.24) is 0 Å². The van der Waals surface area contributed by atoms with Crippen LogP contribution < -0.4 is 5.32 Å². The van der Waals surface area contributed by atoms with E-state index in [0.29, 0.717) is 12.5 Å². The van der Waals surface area contributed by atoms with E-state index in [2.05, 4.69) is 41.8 Å². The van der Waals surface area contributed by atoms with Crippen molar-refractivity contribution in [3.8, 4) is 0 Å². The molecule has 0 saturated heterocycles. The summed E-state index contributed by atoms with van der Waals surface area (Å²) in [4.78, 5) is 0. The van der Waals surface area contributed by atoms with Gasteiger partial charge in [-0.15, -0.1) is 0 Å². The average Bonchev–Trinajstić information content (AvgIpc) is 2.46. The van der Waals surface area contributed by atoms with Crippen molar-refractivity contribution < 1.29 is 9.50 Å². The van der Waals surface area contributed by atoms with Crippen LogP contribution in [-0.4, -0.2) is 11.7 Å². The second-order valence-corrected chi connectivity index (χ2v) is 6.50. The summed E-state index contributed by atoms with van der Waals surface area (Å²) in [5.74, 6) is 0.227. The fourth-order valence-corrected chi connectivity index (χ4v) is 2.73. The van der Waals surface area contributed by atoms with Crippen LogP contribution in [0.4, 0.5) is 10.1 Å². The van der Waals surface area contributed by atoms with E-state index in [0.717, 1.165) is 14.8 Å². The first-order valence-corrected chi connectivity index (χ1v) is 8.02. The van der Waals surface area contributed by atoms with Crippen LogP contribution in [0.1, 0.15) is 37.0 Å². The number of anilines is 1. The Bertz CT molecular complexity index is 598. The van der Waals surface area contributed by atoms with Crippen molar-refractivity contribution in [3.63, 3.8) is 0 Å². The van der Waals surface area contributed by atoms with Crippen molar-refractivity contribution >= 4 is 28.3 Å². The van der Waals surface area contributed by atoms with Gasteiger partial charge in [-0.25, -0.2) is 4.39 Å². The molecule has 0 bridgehead atoms. The predicted octanol–water partition coefficient (Wildman–Crippen LogP) is 4.70. The molecule has 1 unspecified atom stereocenters. The van der Waals surface area contributed by atoms with Gasteiger partial charge in [-0.05, 0) is 57.8 Å². The summed E-state index contributed by atoms with van der Waals surface area (Å²) in [5.41, 5.74) is 2.96. The molecule has 4 heteroatoms. The fourth-order valence-electron chi connectivity index (χ4n) is 2.06. The third kappa shape index (κ3) is 4.41. The van der Waals surface area contributed by atoms with Crippen LogP contribution in [-0.2, 0) is 0 Å². The Morgan fingerprint density at radius 3 is 2.29 bits per heavy atom. The van der Waals surface area contributed by atoms with Gasteiger partial charge < -0.3 is 10.4 Å². The molecular formula is C17H19FINO. The highest BCUT2D eigenvalue weighted by molar-refractivity contribution is 14.1. The van der Waals surface area contributed by atoms with E-state index in [1.54, 1.807) is 6.07 Å². The monoisotopic (exact) mass is 399 g/mol. The molecule has 0 aliphatic carbocycles. The third-order valence-corrected chi connectivity index (χ3v) is 4.30. The van der Waals surface area contributed by atoms with Crippen LogP contribution in [0.5, 0.6) is 0 Å². The Balaban J connectivity index is 1.99.